The van der Waals surface area contributed by atoms with Crippen molar-refractivity contribution in [3.05, 3.63) is 29.3 Å². The lowest BCUT2D eigenvalue weighted by Crippen LogP contribution is -2.35. The van der Waals surface area contributed by atoms with Crippen molar-refractivity contribution in [3.8, 4) is 0 Å². The molecule has 0 aliphatic carbocycles. The van der Waals surface area contributed by atoms with E-state index in [9.17, 15) is 9.59 Å². The topological polar surface area (TPSA) is 79.5 Å². The van der Waals surface area contributed by atoms with E-state index in [0.29, 0.717) is 17.8 Å². The second-order valence-corrected chi connectivity index (χ2v) is 6.28. The third kappa shape index (κ3) is 5.23. The number of rotatable bonds is 6. The van der Waals surface area contributed by atoms with Crippen LogP contribution < -0.4 is 16.0 Å². The molecular weight excluding hydrogens is 306 g/mol. The highest BCUT2D eigenvalue weighted by Gasteiger charge is 2.16. The standard InChI is InChI=1S/C18H27N3O3/c1-4-13(3)20-17(22)14-7-8-16(12(2)10-14)21-18(23)19-11-15-6-5-9-24-15/h7-8,10,13,15H,4-6,9,11H2,1-3H3,(H,20,22)(H2,19,21,23)/t13-,15-/m0/s1. The number of benzene rings is 1. The van der Waals surface area contributed by atoms with Gasteiger partial charge in [-0.05, 0) is 56.9 Å². The first-order valence-electron chi connectivity index (χ1n) is 8.57. The lowest BCUT2D eigenvalue weighted by Gasteiger charge is -2.14. The number of nitrogens with one attached hydrogen (secondary N) is 3. The Kier molecular flexibility index (Phi) is 6.61. The van der Waals surface area contributed by atoms with Gasteiger partial charge in [0, 0.05) is 30.4 Å². The van der Waals surface area contributed by atoms with Crippen molar-refractivity contribution < 1.29 is 14.3 Å². The number of carbonyl (C=O) groups is 2. The van der Waals surface area contributed by atoms with Crippen LogP contribution in [0.2, 0.25) is 0 Å². The van der Waals surface area contributed by atoms with Crippen molar-refractivity contribution in [1.82, 2.24) is 10.6 Å². The van der Waals surface area contributed by atoms with E-state index >= 15 is 0 Å². The summed E-state index contributed by atoms with van der Waals surface area (Å²) in [6, 6.07) is 5.14. The zero-order valence-corrected chi connectivity index (χ0v) is 14.6. The quantitative estimate of drug-likeness (QED) is 0.749. The maximum absolute atomic E-state index is 12.1. The lowest BCUT2D eigenvalue weighted by molar-refractivity contribution is 0.0939. The second-order valence-electron chi connectivity index (χ2n) is 6.28. The molecule has 1 aromatic rings. The van der Waals surface area contributed by atoms with Crippen LogP contribution in [0.3, 0.4) is 0 Å². The van der Waals surface area contributed by atoms with Gasteiger partial charge in [0.25, 0.3) is 5.91 Å². The van der Waals surface area contributed by atoms with Gasteiger partial charge in [-0.15, -0.1) is 0 Å². The molecule has 0 unspecified atom stereocenters. The molecule has 132 valence electrons. The second kappa shape index (κ2) is 8.68. The minimum atomic E-state index is -0.259. The summed E-state index contributed by atoms with van der Waals surface area (Å²) in [4.78, 5) is 24.1. The minimum absolute atomic E-state index is 0.0955. The van der Waals surface area contributed by atoms with Gasteiger partial charge >= 0.3 is 6.03 Å². The monoisotopic (exact) mass is 333 g/mol. The molecule has 0 radical (unpaired) electrons. The summed E-state index contributed by atoms with van der Waals surface area (Å²) in [5, 5.41) is 8.56. The average molecular weight is 333 g/mol. The average Bonchev–Trinajstić information content (AvgIpc) is 3.08. The molecule has 1 saturated heterocycles. The van der Waals surface area contributed by atoms with Crippen LogP contribution in [0.25, 0.3) is 0 Å². The highest BCUT2D eigenvalue weighted by molar-refractivity contribution is 5.96. The fraction of sp³-hybridized carbons (Fsp3) is 0.556. The van der Waals surface area contributed by atoms with Gasteiger partial charge in [-0.1, -0.05) is 6.92 Å². The lowest BCUT2D eigenvalue weighted by atomic mass is 10.1. The summed E-state index contributed by atoms with van der Waals surface area (Å²) in [5.74, 6) is -0.0955. The van der Waals surface area contributed by atoms with Crippen LogP contribution in [-0.2, 0) is 4.74 Å². The number of urea groups is 1. The van der Waals surface area contributed by atoms with E-state index in [2.05, 4.69) is 16.0 Å². The molecule has 0 aromatic heterocycles. The molecule has 1 aliphatic heterocycles. The first-order chi connectivity index (χ1) is 11.5. The molecule has 24 heavy (non-hydrogen) atoms. The maximum atomic E-state index is 12.1. The molecule has 0 spiro atoms. The van der Waals surface area contributed by atoms with Crippen LogP contribution in [0.1, 0.15) is 49.0 Å². The van der Waals surface area contributed by atoms with Gasteiger partial charge in [0.1, 0.15) is 0 Å². The smallest absolute Gasteiger partial charge is 0.319 e. The summed E-state index contributed by atoms with van der Waals surface area (Å²) in [6.45, 7) is 7.15. The van der Waals surface area contributed by atoms with Crippen molar-refractivity contribution in [2.45, 2.75) is 52.2 Å². The van der Waals surface area contributed by atoms with E-state index in [1.54, 1.807) is 18.2 Å². The van der Waals surface area contributed by atoms with Crippen LogP contribution in [-0.4, -0.2) is 37.2 Å². The van der Waals surface area contributed by atoms with Gasteiger partial charge in [-0.2, -0.15) is 0 Å². The van der Waals surface area contributed by atoms with Crippen molar-refractivity contribution in [1.29, 1.82) is 0 Å². The molecule has 1 fully saturated rings. The summed E-state index contributed by atoms with van der Waals surface area (Å²) in [6.07, 6.45) is 3.03. The van der Waals surface area contributed by atoms with E-state index in [4.69, 9.17) is 4.74 Å². The number of aryl methyl sites for hydroxylation is 1. The molecule has 6 nitrogen and oxygen atoms in total. The SMILES string of the molecule is CC[C@H](C)NC(=O)c1ccc(NC(=O)NC[C@@H]2CCCO2)c(C)c1. The molecule has 0 bridgehead atoms. The Hall–Kier alpha value is -2.08. The van der Waals surface area contributed by atoms with Gasteiger partial charge in [0.05, 0.1) is 6.10 Å². The van der Waals surface area contributed by atoms with Crippen LogP contribution in [0.4, 0.5) is 10.5 Å². The Morgan fingerprint density at radius 2 is 2.17 bits per heavy atom. The van der Waals surface area contributed by atoms with E-state index in [0.717, 1.165) is 31.4 Å². The number of ether oxygens (including phenoxy) is 1. The predicted molar refractivity (Wildman–Crippen MR) is 94.4 cm³/mol. The van der Waals surface area contributed by atoms with Crippen molar-refractivity contribution in [2.24, 2.45) is 0 Å². The molecule has 2 atom stereocenters. The zero-order chi connectivity index (χ0) is 17.5. The summed E-state index contributed by atoms with van der Waals surface area (Å²) in [7, 11) is 0. The normalized spacial score (nSPS) is 18.0. The van der Waals surface area contributed by atoms with E-state index in [-0.39, 0.29) is 24.1 Å². The molecule has 1 aromatic carbocycles. The summed E-state index contributed by atoms with van der Waals surface area (Å²) < 4.78 is 5.47. The molecule has 0 saturated carbocycles. The highest BCUT2D eigenvalue weighted by Crippen LogP contribution is 2.17. The van der Waals surface area contributed by atoms with Crippen LogP contribution in [0.15, 0.2) is 18.2 Å². The Morgan fingerprint density at radius 3 is 2.79 bits per heavy atom. The van der Waals surface area contributed by atoms with Crippen molar-refractivity contribution in [3.63, 3.8) is 0 Å². The third-order valence-corrected chi connectivity index (χ3v) is 4.24. The number of carbonyl (C=O) groups excluding carboxylic acids is 2. The van der Waals surface area contributed by atoms with Gasteiger partial charge < -0.3 is 20.7 Å². The molecular formula is C18H27N3O3. The minimum Gasteiger partial charge on any atom is -0.376 e. The van der Waals surface area contributed by atoms with Crippen LogP contribution >= 0.6 is 0 Å². The molecule has 6 heteroatoms. The maximum Gasteiger partial charge on any atom is 0.319 e. The third-order valence-electron chi connectivity index (χ3n) is 4.24. The molecule has 1 heterocycles. The Bertz CT molecular complexity index is 583. The largest absolute Gasteiger partial charge is 0.376 e. The van der Waals surface area contributed by atoms with Gasteiger partial charge in [-0.25, -0.2) is 4.79 Å². The number of amides is 3. The Balaban J connectivity index is 1.89. The van der Waals surface area contributed by atoms with Crippen molar-refractivity contribution in [2.75, 3.05) is 18.5 Å². The van der Waals surface area contributed by atoms with E-state index < -0.39 is 0 Å². The number of hydrogen-bond acceptors (Lipinski definition) is 3. The fourth-order valence-electron chi connectivity index (χ4n) is 2.53. The molecule has 3 amide bonds. The van der Waals surface area contributed by atoms with Gasteiger partial charge in [-0.3, -0.25) is 4.79 Å². The first kappa shape index (κ1) is 18.3. The first-order valence-corrected chi connectivity index (χ1v) is 8.57. The molecule has 2 rings (SSSR count). The fourth-order valence-corrected chi connectivity index (χ4v) is 2.53. The number of anilines is 1. The highest BCUT2D eigenvalue weighted by atomic mass is 16.5. The van der Waals surface area contributed by atoms with Crippen molar-refractivity contribution >= 4 is 17.6 Å². The van der Waals surface area contributed by atoms with E-state index in [1.807, 2.05) is 20.8 Å². The van der Waals surface area contributed by atoms with E-state index in [1.165, 1.54) is 0 Å². The molecule has 3 N–H and O–H groups in total. The number of hydrogen-bond donors (Lipinski definition) is 3. The van der Waals surface area contributed by atoms with Crippen LogP contribution in [0, 0.1) is 6.92 Å². The summed E-state index contributed by atoms with van der Waals surface area (Å²) in [5.41, 5.74) is 2.14. The Labute approximate surface area is 143 Å². The Morgan fingerprint density at radius 1 is 1.38 bits per heavy atom. The van der Waals surface area contributed by atoms with Gasteiger partial charge in [0.15, 0.2) is 0 Å². The molecule has 1 aliphatic rings. The zero-order valence-electron chi connectivity index (χ0n) is 14.6. The van der Waals surface area contributed by atoms with Crippen LogP contribution in [0.5, 0.6) is 0 Å². The van der Waals surface area contributed by atoms with Gasteiger partial charge in [0.2, 0.25) is 0 Å². The predicted octanol–water partition coefficient (Wildman–Crippen LogP) is 2.82. The summed E-state index contributed by atoms with van der Waals surface area (Å²) >= 11 is 0.